The van der Waals surface area contributed by atoms with Gasteiger partial charge in [-0.15, -0.1) is 0 Å². The van der Waals surface area contributed by atoms with E-state index < -0.39 is 11.6 Å². The summed E-state index contributed by atoms with van der Waals surface area (Å²) >= 11 is 0. The summed E-state index contributed by atoms with van der Waals surface area (Å²) < 4.78 is 26.5. The normalized spacial score (nSPS) is 22.9. The molecular weight excluding hydrogens is 262 g/mol. The van der Waals surface area contributed by atoms with E-state index in [1.165, 1.54) is 0 Å². The fraction of sp³-hybridized carbons (Fsp3) is 0.533. The van der Waals surface area contributed by atoms with Crippen LogP contribution in [-0.4, -0.2) is 36.0 Å². The predicted molar refractivity (Wildman–Crippen MR) is 73.6 cm³/mol. The van der Waals surface area contributed by atoms with E-state index in [-0.39, 0.29) is 23.6 Å². The molecule has 0 saturated carbocycles. The van der Waals surface area contributed by atoms with Crippen molar-refractivity contribution < 1.29 is 13.6 Å². The highest BCUT2D eigenvalue weighted by molar-refractivity contribution is 5.94. The van der Waals surface area contributed by atoms with Crippen LogP contribution in [0.25, 0.3) is 0 Å². The van der Waals surface area contributed by atoms with Crippen molar-refractivity contribution in [2.75, 3.05) is 13.1 Å². The van der Waals surface area contributed by atoms with Gasteiger partial charge in [-0.05, 0) is 25.0 Å². The molecule has 3 nitrogen and oxygen atoms in total. The van der Waals surface area contributed by atoms with Crippen molar-refractivity contribution in [3.63, 3.8) is 0 Å². The highest BCUT2D eigenvalue weighted by atomic mass is 19.1. The van der Waals surface area contributed by atoms with Crippen LogP contribution in [0.4, 0.5) is 8.78 Å². The highest BCUT2D eigenvalue weighted by Crippen LogP contribution is 2.17. The summed E-state index contributed by atoms with van der Waals surface area (Å²) in [6.45, 7) is 5.35. The number of carbonyl (C=O) groups excluding carboxylic acids is 1. The van der Waals surface area contributed by atoms with Crippen LogP contribution in [0.2, 0.25) is 0 Å². The number of benzene rings is 1. The Balaban J connectivity index is 2.24. The number of piperazine rings is 1. The van der Waals surface area contributed by atoms with Crippen molar-refractivity contribution in [2.24, 2.45) is 0 Å². The van der Waals surface area contributed by atoms with Gasteiger partial charge in [0, 0.05) is 36.8 Å². The molecule has 1 heterocycles. The Hall–Kier alpha value is -1.49. The standard InChI is InChI=1S/C15H20F2N2O/c1-3-13-9-19(14(4-2)8-18-13)15(20)10-5-11(16)7-12(17)6-10/h5-7,13-14,18H,3-4,8-9H2,1-2H3. The first-order chi connectivity index (χ1) is 9.55. The van der Waals surface area contributed by atoms with Gasteiger partial charge in [-0.1, -0.05) is 13.8 Å². The van der Waals surface area contributed by atoms with Gasteiger partial charge >= 0.3 is 0 Å². The van der Waals surface area contributed by atoms with Crippen LogP contribution in [0.1, 0.15) is 37.0 Å². The van der Waals surface area contributed by atoms with Gasteiger partial charge in [-0.2, -0.15) is 0 Å². The van der Waals surface area contributed by atoms with E-state index in [1.807, 2.05) is 6.92 Å². The summed E-state index contributed by atoms with van der Waals surface area (Å²) in [5, 5.41) is 3.39. The number of nitrogens with zero attached hydrogens (tertiary/aromatic N) is 1. The highest BCUT2D eigenvalue weighted by Gasteiger charge is 2.30. The van der Waals surface area contributed by atoms with Gasteiger partial charge in [0.1, 0.15) is 11.6 Å². The molecule has 1 amide bonds. The minimum absolute atomic E-state index is 0.0663. The summed E-state index contributed by atoms with van der Waals surface area (Å²) in [5.74, 6) is -1.73. The molecule has 0 radical (unpaired) electrons. The molecule has 0 aliphatic carbocycles. The van der Waals surface area contributed by atoms with Crippen LogP contribution in [0, 0.1) is 11.6 Å². The number of carbonyl (C=O) groups is 1. The Morgan fingerprint density at radius 3 is 2.45 bits per heavy atom. The van der Waals surface area contributed by atoms with Gasteiger partial charge < -0.3 is 10.2 Å². The number of amides is 1. The maximum absolute atomic E-state index is 13.3. The van der Waals surface area contributed by atoms with Crippen molar-refractivity contribution in [3.8, 4) is 0 Å². The van der Waals surface area contributed by atoms with E-state index in [4.69, 9.17) is 0 Å². The number of nitrogens with one attached hydrogen (secondary N) is 1. The molecule has 1 aliphatic heterocycles. The molecule has 2 unspecified atom stereocenters. The van der Waals surface area contributed by atoms with E-state index in [0.717, 1.165) is 37.6 Å². The molecule has 110 valence electrons. The second kappa shape index (κ2) is 6.31. The molecule has 0 spiro atoms. The average Bonchev–Trinajstić information content (AvgIpc) is 2.44. The predicted octanol–water partition coefficient (Wildman–Crippen LogP) is 2.57. The van der Waals surface area contributed by atoms with Crippen LogP contribution in [0.5, 0.6) is 0 Å². The van der Waals surface area contributed by atoms with Gasteiger partial charge in [0.05, 0.1) is 0 Å². The Kier molecular flexibility index (Phi) is 4.70. The smallest absolute Gasteiger partial charge is 0.254 e. The molecule has 20 heavy (non-hydrogen) atoms. The molecule has 2 atom stereocenters. The maximum atomic E-state index is 13.3. The number of hydrogen-bond donors (Lipinski definition) is 1. The lowest BCUT2D eigenvalue weighted by Gasteiger charge is -2.40. The Bertz CT molecular complexity index is 473. The molecule has 1 aromatic carbocycles. The first kappa shape index (κ1) is 14.9. The molecule has 1 aliphatic rings. The number of halogens is 2. The first-order valence-corrected chi connectivity index (χ1v) is 7.05. The molecule has 1 saturated heterocycles. The Morgan fingerprint density at radius 1 is 1.25 bits per heavy atom. The zero-order chi connectivity index (χ0) is 14.7. The third kappa shape index (κ3) is 3.15. The van der Waals surface area contributed by atoms with Gasteiger partial charge in [-0.3, -0.25) is 4.79 Å². The molecular formula is C15H20F2N2O. The third-order valence-electron chi connectivity index (χ3n) is 3.83. The second-order valence-corrected chi connectivity index (χ2v) is 5.19. The summed E-state index contributed by atoms with van der Waals surface area (Å²) in [6, 6.07) is 3.28. The zero-order valence-corrected chi connectivity index (χ0v) is 11.8. The fourth-order valence-electron chi connectivity index (χ4n) is 2.59. The summed E-state index contributed by atoms with van der Waals surface area (Å²) in [7, 11) is 0. The van der Waals surface area contributed by atoms with Gasteiger partial charge in [0.15, 0.2) is 0 Å². The molecule has 5 heteroatoms. The van der Waals surface area contributed by atoms with Crippen molar-refractivity contribution >= 4 is 5.91 Å². The molecule has 1 fully saturated rings. The summed E-state index contributed by atoms with van der Waals surface area (Å²) in [4.78, 5) is 14.2. The van der Waals surface area contributed by atoms with Gasteiger partial charge in [0.25, 0.3) is 5.91 Å². The van der Waals surface area contributed by atoms with Crippen molar-refractivity contribution in [1.82, 2.24) is 10.2 Å². The fourth-order valence-corrected chi connectivity index (χ4v) is 2.59. The quantitative estimate of drug-likeness (QED) is 0.924. The van der Waals surface area contributed by atoms with Crippen LogP contribution in [0.3, 0.4) is 0 Å². The largest absolute Gasteiger partial charge is 0.333 e. The Morgan fingerprint density at radius 2 is 1.90 bits per heavy atom. The molecule has 1 N–H and O–H groups in total. The zero-order valence-electron chi connectivity index (χ0n) is 11.8. The molecule has 1 aromatic rings. The number of rotatable bonds is 3. The van der Waals surface area contributed by atoms with Crippen LogP contribution in [-0.2, 0) is 0 Å². The second-order valence-electron chi connectivity index (χ2n) is 5.19. The van der Waals surface area contributed by atoms with E-state index in [0.29, 0.717) is 6.54 Å². The average molecular weight is 282 g/mol. The lowest BCUT2D eigenvalue weighted by molar-refractivity contribution is 0.0575. The molecule has 2 rings (SSSR count). The Labute approximate surface area is 118 Å². The van der Waals surface area contributed by atoms with Crippen LogP contribution >= 0.6 is 0 Å². The lowest BCUT2D eigenvalue weighted by atomic mass is 10.0. The lowest BCUT2D eigenvalue weighted by Crippen LogP contribution is -2.57. The monoisotopic (exact) mass is 282 g/mol. The minimum atomic E-state index is -0.719. The summed E-state index contributed by atoms with van der Waals surface area (Å²) in [5.41, 5.74) is 0.0812. The van der Waals surface area contributed by atoms with E-state index in [2.05, 4.69) is 12.2 Å². The minimum Gasteiger partial charge on any atom is -0.333 e. The van der Waals surface area contributed by atoms with Crippen LogP contribution in [0.15, 0.2) is 18.2 Å². The van der Waals surface area contributed by atoms with Crippen molar-refractivity contribution in [1.29, 1.82) is 0 Å². The van der Waals surface area contributed by atoms with Crippen molar-refractivity contribution in [2.45, 2.75) is 38.8 Å². The first-order valence-electron chi connectivity index (χ1n) is 7.05. The van der Waals surface area contributed by atoms with Gasteiger partial charge in [0.2, 0.25) is 0 Å². The molecule has 0 aromatic heterocycles. The maximum Gasteiger partial charge on any atom is 0.254 e. The topological polar surface area (TPSA) is 32.3 Å². The summed E-state index contributed by atoms with van der Waals surface area (Å²) in [6.07, 6.45) is 1.73. The third-order valence-corrected chi connectivity index (χ3v) is 3.83. The van der Waals surface area contributed by atoms with Crippen LogP contribution < -0.4 is 5.32 Å². The SMILES string of the molecule is CCC1CN(C(=O)c2cc(F)cc(F)c2)C(CC)CN1. The van der Waals surface area contributed by atoms with E-state index in [9.17, 15) is 13.6 Å². The van der Waals surface area contributed by atoms with Gasteiger partial charge in [-0.25, -0.2) is 8.78 Å². The number of hydrogen-bond acceptors (Lipinski definition) is 2. The van der Waals surface area contributed by atoms with E-state index >= 15 is 0 Å². The van der Waals surface area contributed by atoms with Crippen molar-refractivity contribution in [3.05, 3.63) is 35.4 Å². The van der Waals surface area contributed by atoms with E-state index in [1.54, 1.807) is 4.90 Å². The molecule has 0 bridgehead atoms.